The molecule has 2 aromatic rings. The minimum absolute atomic E-state index is 0.0960. The molecule has 4 rings (SSSR count). The van der Waals surface area contributed by atoms with Gasteiger partial charge in [-0.3, -0.25) is 4.68 Å². The molecule has 25 heavy (non-hydrogen) atoms. The summed E-state index contributed by atoms with van der Waals surface area (Å²) >= 11 is 0. The fourth-order valence-electron chi connectivity index (χ4n) is 3.81. The third-order valence-electron chi connectivity index (χ3n) is 5.21. The predicted octanol–water partition coefficient (Wildman–Crippen LogP) is 3.15. The van der Waals surface area contributed by atoms with Crippen LogP contribution >= 0.6 is 0 Å². The van der Waals surface area contributed by atoms with Crippen molar-refractivity contribution in [1.82, 2.24) is 9.78 Å². The summed E-state index contributed by atoms with van der Waals surface area (Å²) in [6.07, 6.45) is 4.25. The van der Waals surface area contributed by atoms with Gasteiger partial charge in [0.1, 0.15) is 0 Å². The van der Waals surface area contributed by atoms with Gasteiger partial charge >= 0.3 is 0 Å². The van der Waals surface area contributed by atoms with Crippen LogP contribution in [0.1, 0.15) is 42.6 Å². The van der Waals surface area contributed by atoms with E-state index in [9.17, 15) is 0 Å². The second kappa shape index (κ2) is 6.26. The number of fused-ring (bicyclic) bond motifs is 1. The predicted molar refractivity (Wildman–Crippen MR) is 95.0 cm³/mol. The molecule has 1 fully saturated rings. The molecule has 0 saturated heterocycles. The average Bonchev–Trinajstić information content (AvgIpc) is 3.26. The maximum absolute atomic E-state index is 9.13. The molecule has 0 amide bonds. The monoisotopic (exact) mass is 343 g/mol. The molecule has 6 heteroatoms. The molecule has 0 atom stereocenters. The number of anilines is 1. The largest absolute Gasteiger partial charge is 0.448 e. The molecule has 1 saturated carbocycles. The van der Waals surface area contributed by atoms with E-state index in [1.165, 1.54) is 5.56 Å². The maximum atomic E-state index is 9.13. The number of benzene rings is 1. The number of aliphatic hydroxyl groups is 1. The van der Waals surface area contributed by atoms with Gasteiger partial charge in [0.05, 0.1) is 18.8 Å². The highest BCUT2D eigenvalue weighted by atomic mass is 16.7. The van der Waals surface area contributed by atoms with Gasteiger partial charge in [0.25, 0.3) is 5.79 Å². The molecule has 0 bridgehead atoms. The van der Waals surface area contributed by atoms with E-state index in [-0.39, 0.29) is 6.61 Å². The van der Waals surface area contributed by atoms with Crippen LogP contribution in [0.5, 0.6) is 11.5 Å². The minimum atomic E-state index is -0.417. The van der Waals surface area contributed by atoms with Crippen LogP contribution in [0.15, 0.2) is 18.2 Å². The molecular weight excluding hydrogens is 318 g/mol. The third-order valence-corrected chi connectivity index (χ3v) is 5.21. The summed E-state index contributed by atoms with van der Waals surface area (Å²) in [5.74, 6) is 1.26. The van der Waals surface area contributed by atoms with Crippen LogP contribution in [0, 0.1) is 13.8 Å². The van der Waals surface area contributed by atoms with Crippen LogP contribution in [0.25, 0.3) is 0 Å². The van der Waals surface area contributed by atoms with E-state index in [2.05, 4.69) is 10.4 Å². The number of aryl methyl sites for hydroxylation is 1. The smallest absolute Gasteiger partial charge is 0.251 e. The molecular formula is C19H25N3O3. The Bertz CT molecular complexity index is 778. The highest BCUT2D eigenvalue weighted by Crippen LogP contribution is 2.47. The summed E-state index contributed by atoms with van der Waals surface area (Å²) in [5.41, 5.74) is 4.25. The van der Waals surface area contributed by atoms with E-state index >= 15 is 0 Å². The Balaban J connectivity index is 1.47. The average molecular weight is 343 g/mol. The maximum Gasteiger partial charge on any atom is 0.251 e. The Morgan fingerprint density at radius 1 is 1.20 bits per heavy atom. The van der Waals surface area contributed by atoms with Crippen molar-refractivity contribution < 1.29 is 14.6 Å². The van der Waals surface area contributed by atoms with Crippen molar-refractivity contribution in [2.24, 2.45) is 0 Å². The molecule has 1 spiro atoms. The van der Waals surface area contributed by atoms with Crippen molar-refractivity contribution in [2.45, 2.75) is 58.4 Å². The molecule has 2 aliphatic rings. The first-order valence-corrected chi connectivity index (χ1v) is 9.00. The van der Waals surface area contributed by atoms with E-state index in [4.69, 9.17) is 14.6 Å². The Labute approximate surface area is 147 Å². The summed E-state index contributed by atoms with van der Waals surface area (Å²) < 4.78 is 14.0. The summed E-state index contributed by atoms with van der Waals surface area (Å²) in [5, 5.41) is 17.1. The Kier molecular flexibility index (Phi) is 4.07. The number of rotatable bonds is 5. The van der Waals surface area contributed by atoms with E-state index in [1.807, 2.05) is 36.7 Å². The van der Waals surface area contributed by atoms with Crippen LogP contribution in [0.3, 0.4) is 0 Å². The lowest BCUT2D eigenvalue weighted by Gasteiger charge is -2.21. The molecule has 0 unspecified atom stereocenters. The number of ether oxygens (including phenoxy) is 2. The molecule has 134 valence electrons. The Morgan fingerprint density at radius 3 is 2.72 bits per heavy atom. The third kappa shape index (κ3) is 2.95. The normalized spacial score (nSPS) is 17.4. The van der Waals surface area contributed by atoms with Gasteiger partial charge < -0.3 is 19.9 Å². The lowest BCUT2D eigenvalue weighted by atomic mass is 10.2. The summed E-state index contributed by atoms with van der Waals surface area (Å²) in [6.45, 7) is 5.35. The fraction of sp³-hybridized carbons (Fsp3) is 0.526. The van der Waals surface area contributed by atoms with Crippen LogP contribution in [0.2, 0.25) is 0 Å². The van der Waals surface area contributed by atoms with Crippen molar-refractivity contribution in [1.29, 1.82) is 0 Å². The lowest BCUT2D eigenvalue weighted by molar-refractivity contribution is -0.0716. The van der Waals surface area contributed by atoms with Gasteiger partial charge in [-0.05, 0) is 38.8 Å². The van der Waals surface area contributed by atoms with E-state index in [1.54, 1.807) is 0 Å². The fourth-order valence-corrected chi connectivity index (χ4v) is 3.81. The van der Waals surface area contributed by atoms with Crippen molar-refractivity contribution in [3.05, 3.63) is 35.2 Å². The zero-order valence-electron chi connectivity index (χ0n) is 14.8. The van der Waals surface area contributed by atoms with Gasteiger partial charge in [0.15, 0.2) is 11.5 Å². The Morgan fingerprint density at radius 2 is 1.96 bits per heavy atom. The molecule has 1 aromatic heterocycles. The van der Waals surface area contributed by atoms with E-state index < -0.39 is 5.79 Å². The summed E-state index contributed by atoms with van der Waals surface area (Å²) in [7, 11) is 0. The minimum Gasteiger partial charge on any atom is -0.448 e. The van der Waals surface area contributed by atoms with Gasteiger partial charge in [-0.2, -0.15) is 5.10 Å². The van der Waals surface area contributed by atoms with E-state index in [0.717, 1.165) is 54.3 Å². The van der Waals surface area contributed by atoms with Crippen molar-refractivity contribution in [3.63, 3.8) is 0 Å². The standard InChI is InChI=1S/C19H25N3O3/c1-13-16(14(2)22(21-13)9-10-23)12-20-15-5-6-17-18(11-15)25-19(24-17)7-3-4-8-19/h5-6,11,20,23H,3-4,7-10,12H2,1-2H3. The first kappa shape index (κ1) is 16.3. The number of aliphatic hydroxyl groups excluding tert-OH is 1. The molecule has 6 nitrogen and oxygen atoms in total. The molecule has 0 radical (unpaired) electrons. The first-order valence-electron chi connectivity index (χ1n) is 9.00. The topological polar surface area (TPSA) is 68.5 Å². The van der Waals surface area contributed by atoms with Crippen LogP contribution in [-0.2, 0) is 13.1 Å². The number of hydrogen-bond acceptors (Lipinski definition) is 5. The molecule has 1 aliphatic carbocycles. The van der Waals surface area contributed by atoms with Gasteiger partial charge in [0, 0.05) is 42.4 Å². The van der Waals surface area contributed by atoms with Crippen LogP contribution in [0.4, 0.5) is 5.69 Å². The quantitative estimate of drug-likeness (QED) is 0.873. The van der Waals surface area contributed by atoms with Gasteiger partial charge in [-0.1, -0.05) is 0 Å². The van der Waals surface area contributed by atoms with Crippen LogP contribution in [-0.4, -0.2) is 27.3 Å². The van der Waals surface area contributed by atoms with Crippen LogP contribution < -0.4 is 14.8 Å². The number of nitrogens with one attached hydrogen (secondary N) is 1. The zero-order chi connectivity index (χ0) is 17.4. The first-order chi connectivity index (χ1) is 12.1. The van der Waals surface area contributed by atoms with Crippen molar-refractivity contribution in [2.75, 3.05) is 11.9 Å². The SMILES string of the molecule is Cc1nn(CCO)c(C)c1CNc1ccc2c(c1)OC1(CCCC1)O2. The second-order valence-corrected chi connectivity index (χ2v) is 6.93. The van der Waals surface area contributed by atoms with Crippen molar-refractivity contribution in [3.8, 4) is 11.5 Å². The molecule has 1 aliphatic heterocycles. The summed E-state index contributed by atoms with van der Waals surface area (Å²) in [4.78, 5) is 0. The van der Waals surface area contributed by atoms with E-state index in [0.29, 0.717) is 13.1 Å². The van der Waals surface area contributed by atoms with Gasteiger partial charge in [-0.15, -0.1) is 0 Å². The van der Waals surface area contributed by atoms with Gasteiger partial charge in [0.2, 0.25) is 0 Å². The Hall–Kier alpha value is -2.21. The zero-order valence-corrected chi connectivity index (χ0v) is 14.8. The second-order valence-electron chi connectivity index (χ2n) is 6.93. The highest BCUT2D eigenvalue weighted by Gasteiger charge is 2.44. The number of nitrogens with zero attached hydrogens (tertiary/aromatic N) is 2. The summed E-state index contributed by atoms with van der Waals surface area (Å²) in [6, 6.07) is 6.03. The lowest BCUT2D eigenvalue weighted by Crippen LogP contribution is -2.34. The highest BCUT2D eigenvalue weighted by molar-refractivity contribution is 5.56. The molecule has 2 heterocycles. The molecule has 1 aromatic carbocycles. The van der Waals surface area contributed by atoms with Gasteiger partial charge in [-0.25, -0.2) is 0 Å². The van der Waals surface area contributed by atoms with Crippen molar-refractivity contribution >= 4 is 5.69 Å². The number of aromatic nitrogens is 2. The molecule has 2 N–H and O–H groups in total. The number of hydrogen-bond donors (Lipinski definition) is 2.